The zero-order valence-corrected chi connectivity index (χ0v) is 27.6. The predicted octanol–water partition coefficient (Wildman–Crippen LogP) is 11.9. The summed E-state index contributed by atoms with van der Waals surface area (Å²) in [6.07, 6.45) is 0. The van der Waals surface area contributed by atoms with E-state index < -0.39 is 0 Å². The highest BCUT2D eigenvalue weighted by molar-refractivity contribution is 6.09. The van der Waals surface area contributed by atoms with Crippen molar-refractivity contribution in [2.75, 3.05) is 0 Å². The van der Waals surface area contributed by atoms with Crippen molar-refractivity contribution in [2.45, 2.75) is 0 Å². The molecule has 51 heavy (non-hydrogen) atoms. The number of para-hydroxylation sites is 2. The molecule has 10 aromatic rings. The van der Waals surface area contributed by atoms with Gasteiger partial charge < -0.3 is 4.57 Å². The minimum Gasteiger partial charge on any atom is -0.308 e. The van der Waals surface area contributed by atoms with Crippen molar-refractivity contribution < 1.29 is 0 Å². The quantitative estimate of drug-likeness (QED) is 0.186. The molecular weight excluding hydrogens is 621 g/mol. The Morgan fingerprint density at radius 1 is 0.314 bits per heavy atom. The van der Waals surface area contributed by atoms with Crippen LogP contribution in [0, 0.1) is 0 Å². The molecule has 4 heteroatoms. The second-order valence-corrected chi connectivity index (χ2v) is 12.9. The van der Waals surface area contributed by atoms with E-state index in [1.807, 2.05) is 0 Å². The summed E-state index contributed by atoms with van der Waals surface area (Å²) in [6, 6.07) is 64.0. The van der Waals surface area contributed by atoms with E-state index in [1.54, 1.807) is 0 Å². The molecule has 0 saturated heterocycles. The van der Waals surface area contributed by atoms with Gasteiger partial charge in [0.05, 0.1) is 16.7 Å². The van der Waals surface area contributed by atoms with Gasteiger partial charge in [0.15, 0.2) is 17.5 Å². The molecule has 0 radical (unpaired) electrons. The fourth-order valence-electron chi connectivity index (χ4n) is 7.31. The minimum atomic E-state index is 0.618. The molecule has 0 unspecified atom stereocenters. The Kier molecular flexibility index (Phi) is 6.78. The van der Waals surface area contributed by atoms with Crippen molar-refractivity contribution in [3.63, 3.8) is 0 Å². The fraction of sp³-hybridized carbons (Fsp3) is 0. The molecule has 0 bridgehead atoms. The van der Waals surface area contributed by atoms with Gasteiger partial charge in [-0.25, -0.2) is 15.0 Å². The predicted molar refractivity (Wildman–Crippen MR) is 211 cm³/mol. The van der Waals surface area contributed by atoms with Crippen molar-refractivity contribution in [2.24, 2.45) is 0 Å². The summed E-state index contributed by atoms with van der Waals surface area (Å²) in [5, 5.41) is 7.04. The fourth-order valence-corrected chi connectivity index (χ4v) is 7.31. The lowest BCUT2D eigenvalue weighted by Crippen LogP contribution is -2.04. The van der Waals surface area contributed by atoms with Gasteiger partial charge in [0.2, 0.25) is 0 Å². The number of fused-ring (bicyclic) bond motifs is 5. The third-order valence-electron chi connectivity index (χ3n) is 9.82. The Bertz CT molecular complexity index is 2770. The lowest BCUT2D eigenvalue weighted by atomic mass is 10.0. The van der Waals surface area contributed by atoms with Gasteiger partial charge in [0, 0.05) is 27.5 Å². The third kappa shape index (κ3) is 5.04. The molecule has 0 aliphatic rings. The molecule has 0 saturated carbocycles. The van der Waals surface area contributed by atoms with E-state index in [0.29, 0.717) is 17.5 Å². The van der Waals surface area contributed by atoms with Crippen molar-refractivity contribution in [3.05, 3.63) is 182 Å². The average Bonchev–Trinajstić information content (AvgIpc) is 3.54. The van der Waals surface area contributed by atoms with Crippen LogP contribution in [0.25, 0.3) is 94.3 Å². The molecule has 8 aromatic carbocycles. The molecule has 0 fully saturated rings. The highest BCUT2D eigenvalue weighted by Gasteiger charge is 2.20. The first-order valence-corrected chi connectivity index (χ1v) is 17.2. The molecule has 0 N–H and O–H groups in total. The molecule has 10 rings (SSSR count). The Balaban J connectivity index is 1.27. The van der Waals surface area contributed by atoms with E-state index in [-0.39, 0.29) is 0 Å². The van der Waals surface area contributed by atoms with Gasteiger partial charge in [-0.3, -0.25) is 0 Å². The van der Waals surface area contributed by atoms with Gasteiger partial charge >= 0.3 is 0 Å². The van der Waals surface area contributed by atoms with Gasteiger partial charge in [-0.15, -0.1) is 0 Å². The van der Waals surface area contributed by atoms with E-state index >= 15 is 0 Å². The Hall–Kier alpha value is -6.91. The summed E-state index contributed by atoms with van der Waals surface area (Å²) in [6.45, 7) is 0. The first-order valence-electron chi connectivity index (χ1n) is 17.2. The lowest BCUT2D eigenvalue weighted by Gasteiger charge is -2.16. The monoisotopic (exact) mass is 650 g/mol. The van der Waals surface area contributed by atoms with Gasteiger partial charge in [0.25, 0.3) is 0 Å². The normalized spacial score (nSPS) is 11.5. The number of rotatable bonds is 5. The van der Waals surface area contributed by atoms with Crippen molar-refractivity contribution in [1.82, 2.24) is 19.5 Å². The number of hydrogen-bond acceptors (Lipinski definition) is 3. The first kappa shape index (κ1) is 29.0. The smallest absolute Gasteiger partial charge is 0.166 e. The standard InChI is InChI=1S/C47H30N4/c1-2-12-31(13-3-1)36-26-27-41(44(30-36)51-42-20-10-8-18-39(42)40-19-9-11-21-43(40)51)47-49-45(37-24-22-32-14-4-6-16-34(32)28-37)48-46(50-47)38-25-23-33-15-5-7-17-35(33)29-38/h1-30H. The van der Waals surface area contributed by atoms with E-state index in [9.17, 15) is 0 Å². The van der Waals surface area contributed by atoms with E-state index in [1.165, 1.54) is 21.5 Å². The van der Waals surface area contributed by atoms with Crippen LogP contribution in [0.4, 0.5) is 0 Å². The first-order chi connectivity index (χ1) is 25.3. The third-order valence-corrected chi connectivity index (χ3v) is 9.82. The Morgan fingerprint density at radius 2 is 0.784 bits per heavy atom. The van der Waals surface area contributed by atoms with Crippen LogP contribution in [0.15, 0.2) is 182 Å². The van der Waals surface area contributed by atoms with Gasteiger partial charge in [-0.2, -0.15) is 0 Å². The highest BCUT2D eigenvalue weighted by atomic mass is 15.1. The molecule has 2 aromatic heterocycles. The average molecular weight is 651 g/mol. The largest absolute Gasteiger partial charge is 0.308 e. The van der Waals surface area contributed by atoms with Crippen LogP contribution in [-0.2, 0) is 0 Å². The zero-order chi connectivity index (χ0) is 33.7. The van der Waals surface area contributed by atoms with Crippen LogP contribution in [0.5, 0.6) is 0 Å². The van der Waals surface area contributed by atoms with Crippen molar-refractivity contribution >= 4 is 43.4 Å². The second kappa shape index (κ2) is 11.9. The van der Waals surface area contributed by atoms with Gasteiger partial charge in [-0.05, 0) is 69.1 Å². The van der Waals surface area contributed by atoms with Crippen LogP contribution in [0.3, 0.4) is 0 Å². The van der Waals surface area contributed by atoms with Crippen LogP contribution < -0.4 is 0 Å². The maximum Gasteiger partial charge on any atom is 0.166 e. The summed E-state index contributed by atoms with van der Waals surface area (Å²) >= 11 is 0. The molecule has 0 spiro atoms. The van der Waals surface area contributed by atoms with Crippen LogP contribution in [-0.4, -0.2) is 19.5 Å². The topological polar surface area (TPSA) is 43.6 Å². The number of hydrogen-bond donors (Lipinski definition) is 0. The summed E-state index contributed by atoms with van der Waals surface area (Å²) in [5.74, 6) is 1.89. The maximum absolute atomic E-state index is 5.27. The molecule has 2 heterocycles. The number of aromatic nitrogens is 4. The van der Waals surface area contributed by atoms with E-state index in [4.69, 9.17) is 15.0 Å². The molecule has 0 aliphatic heterocycles. The second-order valence-electron chi connectivity index (χ2n) is 12.9. The number of benzene rings is 8. The Morgan fingerprint density at radius 3 is 1.37 bits per heavy atom. The molecular formula is C47H30N4. The summed E-state index contributed by atoms with van der Waals surface area (Å²) in [4.78, 5) is 15.7. The van der Waals surface area contributed by atoms with Crippen LogP contribution in [0.2, 0.25) is 0 Å². The molecule has 0 amide bonds. The zero-order valence-electron chi connectivity index (χ0n) is 27.6. The molecule has 4 nitrogen and oxygen atoms in total. The van der Waals surface area contributed by atoms with E-state index in [0.717, 1.165) is 55.3 Å². The molecule has 0 atom stereocenters. The maximum atomic E-state index is 5.27. The number of nitrogens with zero attached hydrogens (tertiary/aromatic N) is 4. The SMILES string of the molecule is c1ccc(-c2ccc(-c3nc(-c4ccc5ccccc5c4)nc(-c4ccc5ccccc5c4)n3)c(-n3c4ccccc4c4ccccc43)c2)cc1. The van der Waals surface area contributed by atoms with Crippen LogP contribution in [0.1, 0.15) is 0 Å². The summed E-state index contributed by atoms with van der Waals surface area (Å²) in [5.41, 5.74) is 8.34. The molecule has 238 valence electrons. The molecule has 0 aliphatic carbocycles. The lowest BCUT2D eigenvalue weighted by molar-refractivity contribution is 1.07. The Labute approximate surface area is 295 Å². The van der Waals surface area contributed by atoms with Gasteiger partial charge in [0.1, 0.15) is 0 Å². The summed E-state index contributed by atoms with van der Waals surface area (Å²) < 4.78 is 2.36. The van der Waals surface area contributed by atoms with Crippen molar-refractivity contribution in [1.29, 1.82) is 0 Å². The van der Waals surface area contributed by atoms with Crippen LogP contribution >= 0.6 is 0 Å². The highest BCUT2D eigenvalue weighted by Crippen LogP contribution is 2.38. The van der Waals surface area contributed by atoms with Gasteiger partial charge in [-0.1, -0.05) is 146 Å². The minimum absolute atomic E-state index is 0.618. The van der Waals surface area contributed by atoms with E-state index in [2.05, 4.69) is 187 Å². The van der Waals surface area contributed by atoms with Crippen molar-refractivity contribution in [3.8, 4) is 51.0 Å². The summed E-state index contributed by atoms with van der Waals surface area (Å²) in [7, 11) is 0.